The highest BCUT2D eigenvalue weighted by Crippen LogP contribution is 2.30. The number of carbonyl (C=O) groups is 1. The molecular formula is C23H24N2O5. The molecule has 30 heavy (non-hydrogen) atoms. The molecule has 4 rings (SSSR count). The lowest BCUT2D eigenvalue weighted by molar-refractivity contribution is -0.132. The molecule has 2 aromatic carbocycles. The molecule has 1 aliphatic rings. The fourth-order valence-corrected chi connectivity index (χ4v) is 3.59. The smallest absolute Gasteiger partial charge is 0.222 e. The number of phenolic OH excluding ortho intramolecular Hbond substituents is 1. The van der Waals surface area contributed by atoms with Gasteiger partial charge >= 0.3 is 0 Å². The number of fused-ring (bicyclic) bond motifs is 1. The molecule has 0 atom stereocenters. The Hall–Kier alpha value is -3.32. The van der Waals surface area contributed by atoms with Crippen molar-refractivity contribution in [3.8, 4) is 22.6 Å². The number of aromatic hydroxyl groups is 1. The Balaban J connectivity index is 1.43. The monoisotopic (exact) mass is 408 g/mol. The Kier molecular flexibility index (Phi) is 5.99. The van der Waals surface area contributed by atoms with Gasteiger partial charge in [-0.25, -0.2) is 0 Å². The zero-order valence-corrected chi connectivity index (χ0v) is 16.6. The third-order valence-corrected chi connectivity index (χ3v) is 5.19. The first-order valence-electron chi connectivity index (χ1n) is 10.1. The minimum atomic E-state index is -0.298. The molecule has 0 spiro atoms. The molecule has 2 N–H and O–H groups in total. The van der Waals surface area contributed by atoms with E-state index >= 15 is 0 Å². The number of ether oxygens (including phenoxy) is 1. The van der Waals surface area contributed by atoms with Crippen LogP contribution in [0.5, 0.6) is 11.5 Å². The van der Waals surface area contributed by atoms with Gasteiger partial charge in [-0.05, 0) is 12.0 Å². The van der Waals surface area contributed by atoms with Gasteiger partial charge in [-0.3, -0.25) is 9.59 Å². The van der Waals surface area contributed by atoms with Gasteiger partial charge < -0.3 is 24.5 Å². The van der Waals surface area contributed by atoms with Crippen LogP contribution in [0.4, 0.5) is 0 Å². The first-order chi connectivity index (χ1) is 14.6. The fourth-order valence-electron chi connectivity index (χ4n) is 3.59. The molecule has 1 aliphatic heterocycles. The first-order valence-corrected chi connectivity index (χ1v) is 10.1. The van der Waals surface area contributed by atoms with E-state index in [1.54, 1.807) is 6.07 Å². The van der Waals surface area contributed by atoms with E-state index in [2.05, 4.69) is 5.32 Å². The van der Waals surface area contributed by atoms with Crippen LogP contribution in [0.25, 0.3) is 22.1 Å². The second-order valence-corrected chi connectivity index (χ2v) is 7.24. The highest BCUT2D eigenvalue weighted by atomic mass is 16.5. The number of piperazine rings is 1. The van der Waals surface area contributed by atoms with E-state index < -0.39 is 0 Å². The average Bonchev–Trinajstić information content (AvgIpc) is 2.78. The van der Waals surface area contributed by atoms with Gasteiger partial charge in [0.25, 0.3) is 0 Å². The molecule has 0 bridgehead atoms. The summed E-state index contributed by atoms with van der Waals surface area (Å²) in [6, 6.07) is 12.2. The quantitative estimate of drug-likeness (QED) is 0.610. The van der Waals surface area contributed by atoms with Crippen molar-refractivity contribution in [2.24, 2.45) is 0 Å². The second-order valence-electron chi connectivity index (χ2n) is 7.24. The van der Waals surface area contributed by atoms with Crippen molar-refractivity contribution >= 4 is 16.9 Å². The van der Waals surface area contributed by atoms with Crippen LogP contribution in [0.15, 0.2) is 57.9 Å². The predicted molar refractivity (Wildman–Crippen MR) is 114 cm³/mol. The molecule has 1 aromatic heterocycles. The number of hydrogen-bond donors (Lipinski definition) is 2. The molecule has 0 radical (unpaired) electrons. The number of phenols is 1. The van der Waals surface area contributed by atoms with Crippen LogP contribution in [-0.2, 0) is 4.79 Å². The van der Waals surface area contributed by atoms with Crippen LogP contribution < -0.4 is 15.5 Å². The number of amides is 1. The van der Waals surface area contributed by atoms with E-state index in [1.807, 2.05) is 35.2 Å². The Morgan fingerprint density at radius 3 is 2.70 bits per heavy atom. The lowest BCUT2D eigenvalue weighted by Gasteiger charge is -2.27. The summed E-state index contributed by atoms with van der Waals surface area (Å²) in [7, 11) is 0. The third kappa shape index (κ3) is 4.31. The summed E-state index contributed by atoms with van der Waals surface area (Å²) in [5.41, 5.74) is 1.07. The number of hydrogen-bond acceptors (Lipinski definition) is 6. The van der Waals surface area contributed by atoms with Crippen molar-refractivity contribution in [3.63, 3.8) is 0 Å². The molecule has 2 heterocycles. The number of nitrogens with one attached hydrogen (secondary N) is 1. The molecule has 1 fully saturated rings. The van der Waals surface area contributed by atoms with Crippen molar-refractivity contribution in [2.45, 2.75) is 12.8 Å². The zero-order chi connectivity index (χ0) is 20.9. The maximum Gasteiger partial charge on any atom is 0.222 e. The summed E-state index contributed by atoms with van der Waals surface area (Å²) < 4.78 is 11.3. The molecular weight excluding hydrogens is 384 g/mol. The highest BCUT2D eigenvalue weighted by Gasteiger charge is 2.16. The number of nitrogens with zero attached hydrogens (tertiary/aromatic N) is 1. The lowest BCUT2D eigenvalue weighted by Crippen LogP contribution is -2.46. The van der Waals surface area contributed by atoms with Crippen molar-refractivity contribution in [1.82, 2.24) is 10.2 Å². The average molecular weight is 408 g/mol. The SMILES string of the molecule is O=C(CCCOc1cc(O)c2c(=O)c(-c3ccccc3)coc2c1)N1CCNCC1. The van der Waals surface area contributed by atoms with Crippen molar-refractivity contribution < 1.29 is 19.1 Å². The van der Waals surface area contributed by atoms with E-state index in [1.165, 1.54) is 12.3 Å². The molecule has 0 saturated carbocycles. The van der Waals surface area contributed by atoms with Crippen LogP contribution >= 0.6 is 0 Å². The molecule has 3 aromatic rings. The zero-order valence-electron chi connectivity index (χ0n) is 16.6. The molecule has 7 nitrogen and oxygen atoms in total. The molecule has 1 amide bonds. The lowest BCUT2D eigenvalue weighted by atomic mass is 10.1. The maximum absolute atomic E-state index is 12.8. The molecule has 0 unspecified atom stereocenters. The van der Waals surface area contributed by atoms with Crippen LogP contribution in [0, 0.1) is 0 Å². The molecule has 7 heteroatoms. The first kappa shape index (κ1) is 20.0. The topological polar surface area (TPSA) is 92.0 Å². The van der Waals surface area contributed by atoms with Crippen LogP contribution in [0.1, 0.15) is 12.8 Å². The van der Waals surface area contributed by atoms with E-state index in [9.17, 15) is 14.7 Å². The summed E-state index contributed by atoms with van der Waals surface area (Å²) >= 11 is 0. The Bertz CT molecular complexity index is 1090. The molecule has 0 aliphatic carbocycles. The summed E-state index contributed by atoms with van der Waals surface area (Å²) in [6.07, 6.45) is 2.38. The van der Waals surface area contributed by atoms with E-state index in [-0.39, 0.29) is 28.1 Å². The van der Waals surface area contributed by atoms with Crippen LogP contribution in [0.2, 0.25) is 0 Å². The van der Waals surface area contributed by atoms with Crippen LogP contribution in [0.3, 0.4) is 0 Å². The molecule has 1 saturated heterocycles. The highest BCUT2D eigenvalue weighted by molar-refractivity contribution is 5.88. The van der Waals surface area contributed by atoms with E-state index in [4.69, 9.17) is 9.15 Å². The largest absolute Gasteiger partial charge is 0.507 e. The minimum absolute atomic E-state index is 0.123. The Labute approximate surface area is 173 Å². The van der Waals surface area contributed by atoms with Crippen molar-refractivity contribution in [3.05, 3.63) is 59.0 Å². The van der Waals surface area contributed by atoms with E-state index in [0.717, 1.165) is 31.7 Å². The van der Waals surface area contributed by atoms with Gasteiger partial charge in [0, 0.05) is 44.7 Å². The summed E-state index contributed by atoms with van der Waals surface area (Å²) in [5, 5.41) is 13.8. The van der Waals surface area contributed by atoms with Gasteiger partial charge in [0.15, 0.2) is 0 Å². The van der Waals surface area contributed by atoms with Crippen molar-refractivity contribution in [2.75, 3.05) is 32.8 Å². The summed E-state index contributed by atoms with van der Waals surface area (Å²) in [5.74, 6) is 0.331. The Morgan fingerprint density at radius 2 is 1.93 bits per heavy atom. The standard InChI is InChI=1S/C23H24N2O5/c26-19-13-17(29-12-4-7-21(27)25-10-8-24-9-11-25)14-20-22(19)23(28)18(15-30-20)16-5-2-1-3-6-16/h1-3,5-6,13-15,24,26H,4,7-12H2. The van der Waals surface area contributed by atoms with Gasteiger partial charge in [-0.2, -0.15) is 0 Å². The van der Waals surface area contributed by atoms with Gasteiger partial charge in [-0.15, -0.1) is 0 Å². The summed E-state index contributed by atoms with van der Waals surface area (Å²) in [6.45, 7) is 3.46. The van der Waals surface area contributed by atoms with Crippen LogP contribution in [-0.4, -0.2) is 48.7 Å². The van der Waals surface area contributed by atoms with Gasteiger partial charge in [0.05, 0.1) is 12.2 Å². The van der Waals surface area contributed by atoms with Gasteiger partial charge in [0.2, 0.25) is 11.3 Å². The maximum atomic E-state index is 12.8. The normalized spacial score (nSPS) is 14.1. The Morgan fingerprint density at radius 1 is 1.17 bits per heavy atom. The minimum Gasteiger partial charge on any atom is -0.507 e. The fraction of sp³-hybridized carbons (Fsp3) is 0.304. The van der Waals surface area contributed by atoms with E-state index in [0.29, 0.717) is 30.8 Å². The van der Waals surface area contributed by atoms with Crippen molar-refractivity contribution in [1.29, 1.82) is 0 Å². The summed E-state index contributed by atoms with van der Waals surface area (Å²) in [4.78, 5) is 26.9. The number of benzene rings is 2. The number of rotatable bonds is 6. The second kappa shape index (κ2) is 9.00. The number of carbonyl (C=O) groups excluding carboxylic acids is 1. The molecule has 156 valence electrons. The third-order valence-electron chi connectivity index (χ3n) is 5.19. The van der Waals surface area contributed by atoms with Gasteiger partial charge in [-0.1, -0.05) is 30.3 Å². The van der Waals surface area contributed by atoms with Gasteiger partial charge in [0.1, 0.15) is 28.7 Å². The predicted octanol–water partition coefficient (Wildman–Crippen LogP) is 2.76.